The molecule has 0 saturated heterocycles. The van der Waals surface area contributed by atoms with Gasteiger partial charge in [-0.2, -0.15) is 5.10 Å². The van der Waals surface area contributed by atoms with E-state index in [0.717, 1.165) is 10.9 Å². The van der Waals surface area contributed by atoms with Crippen molar-refractivity contribution in [1.82, 2.24) is 20.0 Å². The molecule has 7 heteroatoms. The fraction of sp³-hybridized carbons (Fsp3) is 0.316. The number of halogens is 1. The number of amides is 2. The summed E-state index contributed by atoms with van der Waals surface area (Å²) in [7, 11) is 0. The first-order valence-corrected chi connectivity index (χ1v) is 8.75. The Labute approximate surface area is 158 Å². The Kier molecular flexibility index (Phi) is 6.97. The summed E-state index contributed by atoms with van der Waals surface area (Å²) < 4.78 is 1.73. The zero-order valence-corrected chi connectivity index (χ0v) is 15.6. The number of aromatic nitrogens is 2. The van der Waals surface area contributed by atoms with Crippen molar-refractivity contribution >= 4 is 34.3 Å². The predicted molar refractivity (Wildman–Crippen MR) is 104 cm³/mol. The molecule has 1 aromatic carbocycles. The Morgan fingerprint density at radius 3 is 2.69 bits per heavy atom. The molecule has 2 aromatic rings. The Bertz CT molecular complexity index is 805. The molecule has 1 aromatic heterocycles. The van der Waals surface area contributed by atoms with Crippen molar-refractivity contribution in [3.05, 3.63) is 54.7 Å². The minimum absolute atomic E-state index is 0.172. The number of hydrogen-bond donors (Lipinski definition) is 1. The summed E-state index contributed by atoms with van der Waals surface area (Å²) >= 11 is 6.13. The van der Waals surface area contributed by atoms with E-state index in [9.17, 15) is 9.59 Å². The third kappa shape index (κ3) is 4.73. The third-order valence-corrected chi connectivity index (χ3v) is 4.27. The molecule has 0 aliphatic rings. The zero-order valence-electron chi connectivity index (χ0n) is 14.8. The Morgan fingerprint density at radius 1 is 1.35 bits per heavy atom. The van der Waals surface area contributed by atoms with Gasteiger partial charge in [-0.1, -0.05) is 29.8 Å². The van der Waals surface area contributed by atoms with Crippen LogP contribution in [0.1, 0.15) is 13.3 Å². The van der Waals surface area contributed by atoms with Gasteiger partial charge in [-0.05, 0) is 19.1 Å². The van der Waals surface area contributed by atoms with E-state index >= 15 is 0 Å². The fourth-order valence-electron chi connectivity index (χ4n) is 2.67. The summed E-state index contributed by atoms with van der Waals surface area (Å²) in [5.41, 5.74) is 0.873. The summed E-state index contributed by atoms with van der Waals surface area (Å²) in [4.78, 5) is 26.2. The van der Waals surface area contributed by atoms with Gasteiger partial charge in [0.25, 0.3) is 0 Å². The topological polar surface area (TPSA) is 67.2 Å². The second kappa shape index (κ2) is 9.20. The van der Waals surface area contributed by atoms with Crippen molar-refractivity contribution in [3.8, 4) is 0 Å². The zero-order chi connectivity index (χ0) is 19.1. The van der Waals surface area contributed by atoms with E-state index in [4.69, 9.17) is 11.6 Å². The number of nitrogens with one attached hydrogen (secondary N) is 1. The van der Waals surface area contributed by atoms with E-state index in [1.165, 1.54) is 0 Å². The largest absolute Gasteiger partial charge is 0.345 e. The highest BCUT2D eigenvalue weighted by Gasteiger charge is 2.20. The van der Waals surface area contributed by atoms with Crippen molar-refractivity contribution < 1.29 is 9.59 Å². The summed E-state index contributed by atoms with van der Waals surface area (Å²) in [6.45, 7) is 10.2. The minimum atomic E-state index is -0.619. The van der Waals surface area contributed by atoms with E-state index in [1.807, 2.05) is 12.1 Å². The average Bonchev–Trinajstić information content (AvgIpc) is 3.03. The highest BCUT2D eigenvalue weighted by molar-refractivity contribution is 6.35. The highest BCUT2D eigenvalue weighted by Crippen LogP contribution is 2.22. The van der Waals surface area contributed by atoms with Crippen molar-refractivity contribution in [1.29, 1.82) is 0 Å². The van der Waals surface area contributed by atoms with Gasteiger partial charge in [0.1, 0.15) is 6.04 Å². The van der Waals surface area contributed by atoms with Crippen LogP contribution in [0.25, 0.3) is 10.9 Å². The number of rotatable bonds is 9. The van der Waals surface area contributed by atoms with Gasteiger partial charge in [0.15, 0.2) is 0 Å². The lowest BCUT2D eigenvalue weighted by atomic mass is 10.2. The number of aryl methyl sites for hydroxylation is 1. The number of carbonyl (C=O) groups is 2. The third-order valence-electron chi connectivity index (χ3n) is 3.94. The average molecular weight is 375 g/mol. The van der Waals surface area contributed by atoms with Crippen LogP contribution >= 0.6 is 11.6 Å². The van der Waals surface area contributed by atoms with Crippen LogP contribution in [0.2, 0.25) is 5.02 Å². The maximum absolute atomic E-state index is 12.4. The van der Waals surface area contributed by atoms with Crippen LogP contribution in [-0.2, 0) is 16.1 Å². The lowest BCUT2D eigenvalue weighted by Gasteiger charge is -2.23. The SMILES string of the molecule is C=CCN(CC=C)C(=O)C(C)NC(=O)CCn1ncc2c(Cl)cccc21. The predicted octanol–water partition coefficient (Wildman–Crippen LogP) is 2.79. The molecule has 2 amide bonds. The monoisotopic (exact) mass is 374 g/mol. The molecule has 0 bridgehead atoms. The minimum Gasteiger partial charge on any atom is -0.345 e. The van der Waals surface area contributed by atoms with Crippen molar-refractivity contribution in [3.63, 3.8) is 0 Å². The number of benzene rings is 1. The van der Waals surface area contributed by atoms with E-state index < -0.39 is 6.04 Å². The van der Waals surface area contributed by atoms with Gasteiger partial charge in [-0.25, -0.2) is 0 Å². The Hall–Kier alpha value is -2.60. The number of carbonyl (C=O) groups excluding carboxylic acids is 2. The molecule has 1 atom stereocenters. The summed E-state index contributed by atoms with van der Waals surface area (Å²) in [6.07, 6.45) is 5.18. The smallest absolute Gasteiger partial charge is 0.245 e. The van der Waals surface area contributed by atoms with Crippen LogP contribution in [0.4, 0.5) is 0 Å². The lowest BCUT2D eigenvalue weighted by Crippen LogP contribution is -2.47. The summed E-state index contributed by atoms with van der Waals surface area (Å²) in [6, 6.07) is 4.93. The lowest BCUT2D eigenvalue weighted by molar-refractivity contribution is -0.135. The molecule has 0 spiro atoms. The van der Waals surface area contributed by atoms with Crippen LogP contribution in [0, 0.1) is 0 Å². The summed E-state index contributed by atoms with van der Waals surface area (Å²) in [5.74, 6) is -0.386. The quantitative estimate of drug-likeness (QED) is 0.686. The van der Waals surface area contributed by atoms with Crippen LogP contribution in [0.5, 0.6) is 0 Å². The second-order valence-electron chi connectivity index (χ2n) is 5.90. The van der Waals surface area contributed by atoms with Crippen molar-refractivity contribution in [2.75, 3.05) is 13.1 Å². The molecule has 0 saturated carbocycles. The standard InChI is InChI=1S/C19H23ClN4O2/c1-4-10-23(11-5-2)19(26)14(3)22-18(25)9-12-24-17-8-6-7-16(20)15(17)13-21-24/h4-8,13-14H,1-2,9-12H2,3H3,(H,22,25). The second-order valence-corrected chi connectivity index (χ2v) is 6.31. The molecule has 1 heterocycles. The van der Waals surface area contributed by atoms with E-state index in [-0.39, 0.29) is 18.2 Å². The molecular weight excluding hydrogens is 352 g/mol. The van der Waals surface area contributed by atoms with E-state index in [0.29, 0.717) is 24.7 Å². The first-order valence-electron chi connectivity index (χ1n) is 8.38. The van der Waals surface area contributed by atoms with E-state index in [2.05, 4.69) is 23.6 Å². The van der Waals surface area contributed by atoms with Crippen molar-refractivity contribution in [2.24, 2.45) is 0 Å². The van der Waals surface area contributed by atoms with Crippen LogP contribution < -0.4 is 5.32 Å². The molecule has 0 fully saturated rings. The van der Waals surface area contributed by atoms with E-state index in [1.54, 1.807) is 40.9 Å². The summed E-state index contributed by atoms with van der Waals surface area (Å²) in [5, 5.41) is 8.48. The number of fused-ring (bicyclic) bond motifs is 1. The van der Waals surface area contributed by atoms with Crippen LogP contribution in [-0.4, -0.2) is 45.6 Å². The molecule has 26 heavy (non-hydrogen) atoms. The molecule has 138 valence electrons. The van der Waals surface area contributed by atoms with Gasteiger partial charge in [0.2, 0.25) is 11.8 Å². The first kappa shape index (κ1) is 19.7. The Balaban J connectivity index is 1.93. The fourth-order valence-corrected chi connectivity index (χ4v) is 2.89. The Morgan fingerprint density at radius 2 is 2.04 bits per heavy atom. The molecule has 0 radical (unpaired) electrons. The van der Waals surface area contributed by atoms with Gasteiger partial charge in [0.05, 0.1) is 23.3 Å². The molecule has 6 nitrogen and oxygen atoms in total. The maximum Gasteiger partial charge on any atom is 0.245 e. The number of nitrogens with zero attached hydrogens (tertiary/aromatic N) is 3. The van der Waals surface area contributed by atoms with Crippen molar-refractivity contribution in [2.45, 2.75) is 25.9 Å². The number of hydrogen-bond acceptors (Lipinski definition) is 3. The molecule has 0 aliphatic heterocycles. The molecular formula is C19H23ClN4O2. The van der Waals surface area contributed by atoms with Gasteiger partial charge in [0, 0.05) is 24.9 Å². The highest BCUT2D eigenvalue weighted by atomic mass is 35.5. The normalized spacial score (nSPS) is 11.8. The van der Waals surface area contributed by atoms with Crippen LogP contribution in [0.3, 0.4) is 0 Å². The van der Waals surface area contributed by atoms with Gasteiger partial charge >= 0.3 is 0 Å². The molecule has 0 aliphatic carbocycles. The molecule has 1 N–H and O–H groups in total. The molecule has 2 rings (SSSR count). The molecule has 1 unspecified atom stereocenters. The van der Waals surface area contributed by atoms with Crippen LogP contribution in [0.15, 0.2) is 49.7 Å². The van der Waals surface area contributed by atoms with Gasteiger partial charge in [-0.15, -0.1) is 13.2 Å². The van der Waals surface area contributed by atoms with Gasteiger partial charge < -0.3 is 10.2 Å². The maximum atomic E-state index is 12.4. The van der Waals surface area contributed by atoms with Gasteiger partial charge in [-0.3, -0.25) is 14.3 Å². The first-order chi connectivity index (χ1) is 12.5.